The maximum Gasteiger partial charge on any atom is 0.310 e. The summed E-state index contributed by atoms with van der Waals surface area (Å²) in [6, 6.07) is 0. The smallest absolute Gasteiger partial charge is 0.310 e. The highest BCUT2D eigenvalue weighted by Crippen LogP contribution is 2.78. The van der Waals surface area contributed by atoms with Gasteiger partial charge in [0.05, 0.1) is 22.3 Å². The topological polar surface area (TPSA) is 132 Å². The fraction of sp³-hybridized carbons (Fsp3) is 0.750. The maximum atomic E-state index is 12.7. The largest absolute Gasteiger partial charge is 0.481 e. The molecule has 7 nitrogen and oxygen atoms in total. The van der Waals surface area contributed by atoms with Crippen molar-refractivity contribution in [1.82, 2.24) is 0 Å². The summed E-state index contributed by atoms with van der Waals surface area (Å²) in [5.74, 6) is -5.97. The Hall–Kier alpha value is -1.89. The number of aliphatic hydroxyl groups is 1. The van der Waals surface area contributed by atoms with E-state index in [1.807, 2.05) is 0 Å². The Kier molecular flexibility index (Phi) is 3.51. The van der Waals surface area contributed by atoms with Gasteiger partial charge in [0, 0.05) is 5.92 Å². The monoisotopic (exact) mass is 378 g/mol. The normalized spacial score (nSPS) is 50.7. The van der Waals surface area contributed by atoms with E-state index in [0.717, 1.165) is 0 Å². The molecule has 0 radical (unpaired) electrons. The Morgan fingerprint density at radius 1 is 1.07 bits per heavy atom. The van der Waals surface area contributed by atoms with Crippen molar-refractivity contribution in [2.24, 2.45) is 34.0 Å². The molecule has 0 unspecified atom stereocenters. The number of carbonyl (C=O) groups is 3. The quantitative estimate of drug-likeness (QED) is 0.553. The van der Waals surface area contributed by atoms with E-state index in [-0.39, 0.29) is 25.7 Å². The van der Waals surface area contributed by atoms with Crippen LogP contribution in [0.5, 0.6) is 0 Å². The molecule has 0 amide bonds. The fourth-order valence-electron chi connectivity index (χ4n) is 7.72. The Balaban J connectivity index is 2.01. The van der Waals surface area contributed by atoms with Crippen LogP contribution in [0.4, 0.5) is 0 Å². The second kappa shape index (κ2) is 5.13. The van der Waals surface area contributed by atoms with Crippen LogP contribution in [0.3, 0.4) is 0 Å². The number of hydrogen-bond acceptors (Lipinski definition) is 4. The van der Waals surface area contributed by atoms with Gasteiger partial charge in [0.25, 0.3) is 0 Å². The highest BCUT2D eigenvalue weighted by molar-refractivity contribution is 5.86. The van der Waals surface area contributed by atoms with Gasteiger partial charge >= 0.3 is 17.9 Å². The van der Waals surface area contributed by atoms with E-state index in [4.69, 9.17) is 0 Å². The van der Waals surface area contributed by atoms with Crippen LogP contribution in [0.1, 0.15) is 51.9 Å². The van der Waals surface area contributed by atoms with Crippen LogP contribution in [0.15, 0.2) is 12.2 Å². The van der Waals surface area contributed by atoms with Gasteiger partial charge in [0.2, 0.25) is 0 Å². The molecular weight excluding hydrogens is 352 g/mol. The summed E-state index contributed by atoms with van der Waals surface area (Å²) in [6.45, 7) is 5.48. The Bertz CT molecular complexity index is 774. The lowest BCUT2D eigenvalue weighted by molar-refractivity contribution is -0.177. The second-order valence-electron chi connectivity index (χ2n) is 9.53. The summed E-state index contributed by atoms with van der Waals surface area (Å²) in [7, 11) is 0. The maximum absolute atomic E-state index is 12.7. The van der Waals surface area contributed by atoms with Gasteiger partial charge in [0.1, 0.15) is 0 Å². The zero-order chi connectivity index (χ0) is 20.0. The number of hydrogen-bond donors (Lipinski definition) is 4. The molecule has 0 aliphatic heterocycles. The number of aliphatic carboxylic acids is 3. The van der Waals surface area contributed by atoms with Gasteiger partial charge in [-0.2, -0.15) is 0 Å². The van der Waals surface area contributed by atoms with Gasteiger partial charge in [-0.15, -0.1) is 0 Å². The van der Waals surface area contributed by atoms with Crippen molar-refractivity contribution in [2.45, 2.75) is 57.5 Å². The van der Waals surface area contributed by atoms with Crippen molar-refractivity contribution in [1.29, 1.82) is 0 Å². The molecule has 4 aliphatic carbocycles. The lowest BCUT2D eigenvalue weighted by Crippen LogP contribution is -2.55. The van der Waals surface area contributed by atoms with Crippen molar-refractivity contribution >= 4 is 17.9 Å². The number of carboxylic acids is 3. The van der Waals surface area contributed by atoms with Crippen molar-refractivity contribution in [3.8, 4) is 0 Å². The van der Waals surface area contributed by atoms with Gasteiger partial charge in [-0.05, 0) is 62.4 Å². The highest BCUT2D eigenvalue weighted by atomic mass is 16.4. The average molecular weight is 378 g/mol. The summed E-state index contributed by atoms with van der Waals surface area (Å²) < 4.78 is 0. The zero-order valence-electron chi connectivity index (χ0n) is 15.4. The van der Waals surface area contributed by atoms with E-state index < -0.39 is 57.5 Å². The van der Waals surface area contributed by atoms with Crippen molar-refractivity contribution in [3.63, 3.8) is 0 Å². The molecule has 0 aromatic rings. The lowest BCUT2D eigenvalue weighted by Gasteiger charge is -2.49. The van der Waals surface area contributed by atoms with Gasteiger partial charge in [-0.25, -0.2) is 0 Å². The van der Waals surface area contributed by atoms with Gasteiger partial charge in [-0.3, -0.25) is 14.4 Å². The van der Waals surface area contributed by atoms with Crippen molar-refractivity contribution in [3.05, 3.63) is 12.2 Å². The first-order valence-corrected chi connectivity index (χ1v) is 9.56. The third-order valence-corrected chi connectivity index (χ3v) is 8.62. The molecule has 4 rings (SSSR count). The molecule has 0 saturated heterocycles. The van der Waals surface area contributed by atoms with E-state index in [1.54, 1.807) is 0 Å². The van der Waals surface area contributed by atoms with E-state index >= 15 is 0 Å². The predicted molar refractivity (Wildman–Crippen MR) is 92.8 cm³/mol. The number of rotatable bonds is 3. The first-order valence-electron chi connectivity index (χ1n) is 9.56. The summed E-state index contributed by atoms with van der Waals surface area (Å²) in [6.07, 6.45) is 2.16. The standard InChI is InChI=1S/C20H26O7/c1-10-8-18-9-19(10,27)7-4-11(18)20(16(25)26)6-3-5-17(2,15(23)24)13(20)12(18)14(21)22/h11-13,27H,1,3-9H2,2H3,(H,21,22)(H,23,24)(H,25,26)/t11-,12-,13-,17-,18+,19+,20-/m1/s1. The van der Waals surface area contributed by atoms with Crippen LogP contribution in [0, 0.1) is 34.0 Å². The molecule has 4 aliphatic rings. The Morgan fingerprint density at radius 3 is 2.30 bits per heavy atom. The van der Waals surface area contributed by atoms with E-state index in [9.17, 15) is 34.8 Å². The van der Waals surface area contributed by atoms with E-state index in [2.05, 4.69) is 6.58 Å². The highest BCUT2D eigenvalue weighted by Gasteiger charge is 2.80. The molecule has 7 heteroatoms. The third kappa shape index (κ3) is 1.88. The van der Waals surface area contributed by atoms with E-state index in [0.29, 0.717) is 24.8 Å². The van der Waals surface area contributed by atoms with Crippen LogP contribution in [-0.2, 0) is 14.4 Å². The van der Waals surface area contributed by atoms with Crippen LogP contribution >= 0.6 is 0 Å². The molecule has 27 heavy (non-hydrogen) atoms. The number of fused-ring (bicyclic) bond motifs is 3. The minimum Gasteiger partial charge on any atom is -0.481 e. The molecule has 7 atom stereocenters. The Morgan fingerprint density at radius 2 is 1.74 bits per heavy atom. The molecule has 2 bridgehead atoms. The molecule has 0 aromatic carbocycles. The third-order valence-electron chi connectivity index (χ3n) is 8.62. The summed E-state index contributed by atoms with van der Waals surface area (Å²) in [5, 5.41) is 41.5. The van der Waals surface area contributed by atoms with Crippen LogP contribution in [0.25, 0.3) is 0 Å². The molecule has 4 fully saturated rings. The summed E-state index contributed by atoms with van der Waals surface area (Å²) >= 11 is 0. The van der Waals surface area contributed by atoms with Gasteiger partial charge in [0.15, 0.2) is 0 Å². The Labute approximate surface area is 157 Å². The number of carboxylic acid groups (broad SMARTS) is 3. The van der Waals surface area contributed by atoms with Crippen LogP contribution in [-0.4, -0.2) is 43.9 Å². The lowest BCUT2D eigenvalue weighted by atomic mass is 9.52. The van der Waals surface area contributed by atoms with Crippen LogP contribution in [0.2, 0.25) is 0 Å². The van der Waals surface area contributed by atoms with Gasteiger partial charge in [-0.1, -0.05) is 13.0 Å². The summed E-state index contributed by atoms with van der Waals surface area (Å²) in [5.41, 5.74) is -4.36. The molecule has 148 valence electrons. The van der Waals surface area contributed by atoms with Gasteiger partial charge < -0.3 is 20.4 Å². The molecule has 0 heterocycles. The average Bonchev–Trinajstić information content (AvgIpc) is 2.93. The first kappa shape index (κ1) is 18.5. The van der Waals surface area contributed by atoms with Crippen molar-refractivity contribution < 1.29 is 34.8 Å². The minimum atomic E-state index is -1.42. The fourth-order valence-corrected chi connectivity index (χ4v) is 7.72. The molecule has 1 spiro atoms. The molecule has 4 saturated carbocycles. The SMILES string of the molecule is C=C1C[C@]23C[C@@]1(O)CC[C@H]2[C@]1(C(=O)O)CCC[C@@](C)(C(=O)O)[C@H]1[C@@H]3C(=O)O. The molecule has 4 N–H and O–H groups in total. The first-order chi connectivity index (χ1) is 12.5. The summed E-state index contributed by atoms with van der Waals surface area (Å²) in [4.78, 5) is 37.4. The van der Waals surface area contributed by atoms with Crippen molar-refractivity contribution in [2.75, 3.05) is 0 Å². The second-order valence-corrected chi connectivity index (χ2v) is 9.53. The molecule has 0 aromatic heterocycles. The zero-order valence-corrected chi connectivity index (χ0v) is 15.4. The van der Waals surface area contributed by atoms with Crippen LogP contribution < -0.4 is 0 Å². The molecular formula is C20H26O7. The minimum absolute atomic E-state index is 0.168. The van der Waals surface area contributed by atoms with E-state index in [1.165, 1.54) is 6.92 Å². The predicted octanol–water partition coefficient (Wildman–Crippen LogP) is 2.14.